The van der Waals surface area contributed by atoms with Crippen LogP contribution in [0.4, 0.5) is 0 Å². The van der Waals surface area contributed by atoms with Gasteiger partial charge in [0, 0.05) is 30.6 Å². The van der Waals surface area contributed by atoms with Crippen LogP contribution in [0.2, 0.25) is 0 Å². The van der Waals surface area contributed by atoms with Crippen molar-refractivity contribution in [2.45, 2.75) is 64.5 Å². The Balaban J connectivity index is 1.69. The van der Waals surface area contributed by atoms with Crippen LogP contribution in [0, 0.1) is 5.92 Å². The summed E-state index contributed by atoms with van der Waals surface area (Å²) in [7, 11) is 0. The van der Waals surface area contributed by atoms with Crippen LogP contribution in [0.5, 0.6) is 0 Å². The highest BCUT2D eigenvalue weighted by Gasteiger charge is 2.33. The molecule has 2 heterocycles. The van der Waals surface area contributed by atoms with E-state index in [4.69, 9.17) is 0 Å². The number of carbonyl (C=O) groups excluding carboxylic acids is 3. The number of amides is 2. The van der Waals surface area contributed by atoms with Gasteiger partial charge in [-0.25, -0.2) is 4.98 Å². The first-order chi connectivity index (χ1) is 13.5. The van der Waals surface area contributed by atoms with Crippen LogP contribution < -0.4 is 10.6 Å². The maximum atomic E-state index is 12.9. The van der Waals surface area contributed by atoms with Crippen molar-refractivity contribution in [3.05, 3.63) is 36.3 Å². The highest BCUT2D eigenvalue weighted by atomic mass is 16.2. The Morgan fingerprint density at radius 1 is 1.29 bits per heavy atom. The lowest BCUT2D eigenvalue weighted by Crippen LogP contribution is -2.51. The zero-order chi connectivity index (χ0) is 20.1. The van der Waals surface area contributed by atoms with E-state index in [-0.39, 0.29) is 29.6 Å². The van der Waals surface area contributed by atoms with E-state index in [0.29, 0.717) is 12.0 Å². The predicted molar refractivity (Wildman–Crippen MR) is 106 cm³/mol. The number of hydrogen-bond donors (Lipinski definition) is 2. The first-order valence-electron chi connectivity index (χ1n) is 10.0. The molecule has 1 aliphatic carbocycles. The van der Waals surface area contributed by atoms with E-state index in [9.17, 15) is 14.4 Å². The van der Waals surface area contributed by atoms with Crippen LogP contribution in [-0.2, 0) is 9.59 Å². The number of carbonyl (C=O) groups is 3. The van der Waals surface area contributed by atoms with Gasteiger partial charge in [-0.1, -0.05) is 26.2 Å². The van der Waals surface area contributed by atoms with E-state index < -0.39 is 6.04 Å². The summed E-state index contributed by atoms with van der Waals surface area (Å²) >= 11 is 0. The number of nitrogens with one attached hydrogen (secondary N) is 2. The Morgan fingerprint density at radius 3 is 2.86 bits per heavy atom. The third-order valence-electron chi connectivity index (χ3n) is 5.48. The summed E-state index contributed by atoms with van der Waals surface area (Å²) in [4.78, 5) is 41.5. The molecule has 3 rings (SSSR count). The van der Waals surface area contributed by atoms with Gasteiger partial charge in [-0.2, -0.15) is 0 Å². The summed E-state index contributed by atoms with van der Waals surface area (Å²) in [5, 5.41) is 5.89. The molecule has 0 aromatic carbocycles. The Kier molecular flexibility index (Phi) is 6.44. The number of imidazole rings is 1. The molecule has 1 saturated carbocycles. The van der Waals surface area contributed by atoms with Crippen molar-refractivity contribution in [3.8, 4) is 0 Å². The van der Waals surface area contributed by atoms with Crippen LogP contribution in [0.25, 0.3) is 5.65 Å². The second-order valence-corrected chi connectivity index (χ2v) is 7.54. The summed E-state index contributed by atoms with van der Waals surface area (Å²) in [6.45, 7) is 3.63. The first-order valence-corrected chi connectivity index (χ1v) is 10.0. The zero-order valence-electron chi connectivity index (χ0n) is 16.5. The molecule has 0 unspecified atom stereocenters. The minimum Gasteiger partial charge on any atom is -0.351 e. The fourth-order valence-electron chi connectivity index (χ4n) is 3.88. The number of nitrogens with zero attached hydrogens (tertiary/aromatic N) is 2. The lowest BCUT2D eigenvalue weighted by atomic mass is 9.98. The number of unbranched alkanes of at least 4 members (excludes halogenated alkanes) is 1. The van der Waals surface area contributed by atoms with Gasteiger partial charge in [-0.15, -0.1) is 0 Å². The molecule has 2 amide bonds. The molecule has 7 heteroatoms. The Bertz CT molecular complexity index is 860. The molecule has 2 aromatic heterocycles. The van der Waals surface area contributed by atoms with Crippen LogP contribution in [-0.4, -0.2) is 39.1 Å². The van der Waals surface area contributed by atoms with Crippen molar-refractivity contribution in [2.75, 3.05) is 0 Å². The van der Waals surface area contributed by atoms with Gasteiger partial charge >= 0.3 is 0 Å². The molecule has 0 spiro atoms. The summed E-state index contributed by atoms with van der Waals surface area (Å²) in [5.74, 6) is -0.495. The standard InChI is InChI=1S/C21H28N4O3/c1-3-4-7-18(21(28)23-17-8-5-6-16(17)14(2)26)24-20(27)15-9-10-19-22-11-12-25(19)13-15/h9-13,16-18H,3-8H2,1-2H3,(H,23,28)(H,24,27)/t16-,17-,18-/m0/s1. The molecule has 0 aliphatic heterocycles. The molecular formula is C21H28N4O3. The largest absolute Gasteiger partial charge is 0.351 e. The fourth-order valence-corrected chi connectivity index (χ4v) is 3.88. The van der Waals surface area contributed by atoms with Gasteiger partial charge < -0.3 is 15.0 Å². The van der Waals surface area contributed by atoms with E-state index in [1.165, 1.54) is 0 Å². The van der Waals surface area contributed by atoms with Gasteiger partial charge in [0.2, 0.25) is 5.91 Å². The normalized spacial score (nSPS) is 20.1. The zero-order valence-corrected chi connectivity index (χ0v) is 16.5. The molecule has 3 atom stereocenters. The van der Waals surface area contributed by atoms with Gasteiger partial charge in [0.1, 0.15) is 17.5 Å². The highest BCUT2D eigenvalue weighted by Crippen LogP contribution is 2.26. The Hall–Kier alpha value is -2.70. The first kappa shape index (κ1) is 20.0. The molecule has 0 radical (unpaired) electrons. The smallest absolute Gasteiger partial charge is 0.253 e. The topological polar surface area (TPSA) is 92.6 Å². The third kappa shape index (κ3) is 4.58. The average molecular weight is 384 g/mol. The Labute approximate surface area is 164 Å². The summed E-state index contributed by atoms with van der Waals surface area (Å²) in [5.41, 5.74) is 1.23. The number of hydrogen-bond acceptors (Lipinski definition) is 4. The van der Waals surface area contributed by atoms with Crippen LogP contribution >= 0.6 is 0 Å². The van der Waals surface area contributed by atoms with E-state index in [0.717, 1.165) is 37.8 Å². The minimum absolute atomic E-state index is 0.116. The lowest BCUT2D eigenvalue weighted by Gasteiger charge is -2.23. The van der Waals surface area contributed by atoms with Crippen LogP contribution in [0.3, 0.4) is 0 Å². The van der Waals surface area contributed by atoms with Crippen LogP contribution in [0.15, 0.2) is 30.7 Å². The van der Waals surface area contributed by atoms with Crippen molar-refractivity contribution in [2.24, 2.45) is 5.92 Å². The van der Waals surface area contributed by atoms with E-state index in [1.807, 2.05) is 6.92 Å². The molecule has 1 aliphatic rings. The number of aromatic nitrogens is 2. The van der Waals surface area contributed by atoms with Gasteiger partial charge in [-0.3, -0.25) is 14.4 Å². The number of fused-ring (bicyclic) bond motifs is 1. The van der Waals surface area contributed by atoms with E-state index >= 15 is 0 Å². The second kappa shape index (κ2) is 8.99. The summed E-state index contributed by atoms with van der Waals surface area (Å²) in [6.07, 6.45) is 10.0. The molecule has 28 heavy (non-hydrogen) atoms. The number of ketones is 1. The summed E-state index contributed by atoms with van der Waals surface area (Å²) < 4.78 is 1.77. The number of Topliss-reactive ketones (excluding diaryl/α,β-unsaturated/α-hetero) is 1. The van der Waals surface area contributed by atoms with Crippen LogP contribution in [0.1, 0.15) is 62.7 Å². The van der Waals surface area contributed by atoms with Crippen molar-refractivity contribution in [1.82, 2.24) is 20.0 Å². The van der Waals surface area contributed by atoms with E-state index in [1.54, 1.807) is 42.0 Å². The van der Waals surface area contributed by atoms with Crippen molar-refractivity contribution in [3.63, 3.8) is 0 Å². The van der Waals surface area contributed by atoms with Crippen molar-refractivity contribution < 1.29 is 14.4 Å². The SMILES string of the molecule is CCCC[C@H](NC(=O)c1ccc2nccn2c1)C(=O)N[C@H]1CCC[C@H]1C(C)=O. The molecular weight excluding hydrogens is 356 g/mol. The highest BCUT2D eigenvalue weighted by molar-refractivity contribution is 5.97. The molecule has 0 saturated heterocycles. The molecule has 7 nitrogen and oxygen atoms in total. The minimum atomic E-state index is -0.612. The van der Waals surface area contributed by atoms with Gasteiger partial charge in [-0.05, 0) is 38.3 Å². The molecule has 150 valence electrons. The lowest BCUT2D eigenvalue weighted by molar-refractivity contribution is -0.125. The quantitative estimate of drug-likeness (QED) is 0.731. The second-order valence-electron chi connectivity index (χ2n) is 7.54. The number of pyridine rings is 1. The van der Waals surface area contributed by atoms with Gasteiger partial charge in [0.05, 0.1) is 5.56 Å². The molecule has 0 bridgehead atoms. The molecule has 1 fully saturated rings. The van der Waals surface area contributed by atoms with Crippen molar-refractivity contribution in [1.29, 1.82) is 0 Å². The predicted octanol–water partition coefficient (Wildman–Crippen LogP) is 2.50. The fraction of sp³-hybridized carbons (Fsp3) is 0.524. The van der Waals surface area contributed by atoms with E-state index in [2.05, 4.69) is 15.6 Å². The van der Waals surface area contributed by atoms with Crippen molar-refractivity contribution >= 4 is 23.2 Å². The average Bonchev–Trinajstić information content (AvgIpc) is 3.33. The maximum absolute atomic E-state index is 12.9. The Morgan fingerprint density at radius 2 is 2.11 bits per heavy atom. The third-order valence-corrected chi connectivity index (χ3v) is 5.48. The maximum Gasteiger partial charge on any atom is 0.253 e. The summed E-state index contributed by atoms with van der Waals surface area (Å²) in [6, 6.07) is 2.73. The molecule has 2 aromatic rings. The van der Waals surface area contributed by atoms with Gasteiger partial charge in [0.25, 0.3) is 5.91 Å². The van der Waals surface area contributed by atoms with Gasteiger partial charge in [0.15, 0.2) is 0 Å². The monoisotopic (exact) mass is 384 g/mol. The molecule has 2 N–H and O–H groups in total. The number of rotatable bonds is 8.